The molecule has 0 bridgehead atoms. The Morgan fingerprint density at radius 2 is 2.12 bits per heavy atom. The molecule has 1 rings (SSSR count). The van der Waals surface area contributed by atoms with Crippen molar-refractivity contribution >= 4 is 5.97 Å². The average Bonchev–Trinajstić information content (AvgIpc) is 2.35. The van der Waals surface area contributed by atoms with Gasteiger partial charge in [-0.05, 0) is 6.07 Å². The summed E-state index contributed by atoms with van der Waals surface area (Å²) in [5.41, 5.74) is 0.274. The summed E-state index contributed by atoms with van der Waals surface area (Å²) >= 11 is 0. The van der Waals surface area contributed by atoms with E-state index in [0.29, 0.717) is 13.2 Å². The van der Waals surface area contributed by atoms with Gasteiger partial charge in [-0.15, -0.1) is 0 Å². The first-order chi connectivity index (χ1) is 8.20. The van der Waals surface area contributed by atoms with Crippen LogP contribution in [0.5, 0.6) is 0 Å². The highest BCUT2D eigenvalue weighted by Crippen LogP contribution is 2.17. The van der Waals surface area contributed by atoms with Crippen LogP contribution < -0.4 is 5.32 Å². The average molecular weight is 241 g/mol. The van der Waals surface area contributed by atoms with Crippen molar-refractivity contribution in [1.29, 1.82) is 0 Å². The zero-order valence-corrected chi connectivity index (χ0v) is 9.90. The van der Waals surface area contributed by atoms with Gasteiger partial charge in [0.2, 0.25) is 0 Å². The third-order valence-electron chi connectivity index (χ3n) is 2.31. The number of methoxy groups -OCH3 is 2. The van der Waals surface area contributed by atoms with Gasteiger partial charge < -0.3 is 9.47 Å². The molecule has 0 fully saturated rings. The molecule has 0 aromatic heterocycles. The van der Waals surface area contributed by atoms with Gasteiger partial charge in [-0.1, -0.05) is 18.2 Å². The van der Waals surface area contributed by atoms with Crippen molar-refractivity contribution in [3.8, 4) is 0 Å². The second-order valence-corrected chi connectivity index (χ2v) is 3.42. The number of carbonyl (C=O) groups is 1. The van der Waals surface area contributed by atoms with Gasteiger partial charge in [-0.25, -0.2) is 9.18 Å². The van der Waals surface area contributed by atoms with Crippen LogP contribution in [-0.4, -0.2) is 33.3 Å². The van der Waals surface area contributed by atoms with Gasteiger partial charge in [0.1, 0.15) is 11.9 Å². The normalized spacial score (nSPS) is 12.2. The lowest BCUT2D eigenvalue weighted by Gasteiger charge is -2.17. The number of rotatable bonds is 6. The van der Waals surface area contributed by atoms with Crippen molar-refractivity contribution in [2.45, 2.75) is 6.04 Å². The molecule has 1 unspecified atom stereocenters. The Bertz CT molecular complexity index is 371. The lowest BCUT2D eigenvalue weighted by atomic mass is 10.1. The number of halogens is 1. The summed E-state index contributed by atoms with van der Waals surface area (Å²) < 4.78 is 23.1. The summed E-state index contributed by atoms with van der Waals surface area (Å²) in [4.78, 5) is 11.6. The third kappa shape index (κ3) is 3.80. The number of hydrogen-bond acceptors (Lipinski definition) is 4. The minimum Gasteiger partial charge on any atom is -0.468 e. The second kappa shape index (κ2) is 6.98. The van der Waals surface area contributed by atoms with E-state index in [9.17, 15) is 9.18 Å². The second-order valence-electron chi connectivity index (χ2n) is 3.42. The van der Waals surface area contributed by atoms with Crippen LogP contribution in [0.1, 0.15) is 11.6 Å². The van der Waals surface area contributed by atoms with Crippen molar-refractivity contribution in [2.24, 2.45) is 0 Å². The summed E-state index contributed by atoms with van der Waals surface area (Å²) in [6.07, 6.45) is 0. The minimum atomic E-state index is -0.809. The number of esters is 1. The Labute approximate surface area is 99.7 Å². The smallest absolute Gasteiger partial charge is 0.327 e. The fourth-order valence-corrected chi connectivity index (χ4v) is 1.45. The minimum absolute atomic E-state index is 0.274. The highest BCUT2D eigenvalue weighted by Gasteiger charge is 2.23. The van der Waals surface area contributed by atoms with Crippen LogP contribution in [0.4, 0.5) is 4.39 Å². The molecule has 5 heteroatoms. The van der Waals surface area contributed by atoms with Gasteiger partial charge in [0.15, 0.2) is 0 Å². The lowest BCUT2D eigenvalue weighted by molar-refractivity contribution is -0.143. The molecule has 0 saturated carbocycles. The highest BCUT2D eigenvalue weighted by atomic mass is 19.1. The van der Waals surface area contributed by atoms with Crippen molar-refractivity contribution in [3.05, 3.63) is 35.6 Å². The zero-order chi connectivity index (χ0) is 12.7. The first kappa shape index (κ1) is 13.6. The van der Waals surface area contributed by atoms with E-state index in [2.05, 4.69) is 10.1 Å². The standard InChI is InChI=1S/C12H16FNO3/c1-16-8-7-14-11(12(15)17-2)9-5-3-4-6-10(9)13/h3-6,11,14H,7-8H2,1-2H3. The van der Waals surface area contributed by atoms with Crippen LogP contribution in [-0.2, 0) is 14.3 Å². The fourth-order valence-electron chi connectivity index (χ4n) is 1.45. The van der Waals surface area contributed by atoms with E-state index in [1.54, 1.807) is 25.3 Å². The summed E-state index contributed by atoms with van der Waals surface area (Å²) in [5, 5.41) is 2.89. The maximum Gasteiger partial charge on any atom is 0.327 e. The molecule has 0 aliphatic rings. The Morgan fingerprint density at radius 3 is 2.71 bits per heavy atom. The van der Waals surface area contributed by atoms with Crippen LogP contribution in [0.25, 0.3) is 0 Å². The summed E-state index contributed by atoms with van der Waals surface area (Å²) in [7, 11) is 2.83. The van der Waals surface area contributed by atoms with Crippen LogP contribution in [0.3, 0.4) is 0 Å². The molecule has 1 aromatic rings. The molecular weight excluding hydrogens is 225 g/mol. The number of hydrogen-bond donors (Lipinski definition) is 1. The summed E-state index contributed by atoms with van der Waals surface area (Å²) in [6, 6.07) is 5.30. The Balaban J connectivity index is 2.82. The number of ether oxygens (including phenoxy) is 2. The predicted octanol–water partition coefficient (Wildman–Crippen LogP) is 1.28. The summed E-state index contributed by atoms with van der Waals surface area (Å²) in [6.45, 7) is 0.868. The van der Waals surface area contributed by atoms with E-state index < -0.39 is 17.8 Å². The SMILES string of the molecule is COCCNC(C(=O)OC)c1ccccc1F. The fraction of sp³-hybridized carbons (Fsp3) is 0.417. The van der Waals surface area contributed by atoms with E-state index in [1.165, 1.54) is 13.2 Å². The molecule has 0 amide bonds. The monoisotopic (exact) mass is 241 g/mol. The number of benzene rings is 1. The zero-order valence-electron chi connectivity index (χ0n) is 9.90. The van der Waals surface area contributed by atoms with Crippen LogP contribution in [0.2, 0.25) is 0 Å². The van der Waals surface area contributed by atoms with Crippen LogP contribution in [0, 0.1) is 5.82 Å². The molecule has 4 nitrogen and oxygen atoms in total. The Kier molecular flexibility index (Phi) is 5.59. The molecule has 1 atom stereocenters. The van der Waals surface area contributed by atoms with E-state index >= 15 is 0 Å². The lowest BCUT2D eigenvalue weighted by Crippen LogP contribution is -2.32. The van der Waals surface area contributed by atoms with E-state index in [-0.39, 0.29) is 5.56 Å². The first-order valence-electron chi connectivity index (χ1n) is 5.25. The van der Waals surface area contributed by atoms with Crippen molar-refractivity contribution in [1.82, 2.24) is 5.32 Å². The largest absolute Gasteiger partial charge is 0.468 e. The Morgan fingerprint density at radius 1 is 1.41 bits per heavy atom. The highest BCUT2D eigenvalue weighted by molar-refractivity contribution is 5.77. The first-order valence-corrected chi connectivity index (χ1v) is 5.25. The van der Waals surface area contributed by atoms with Crippen LogP contribution >= 0.6 is 0 Å². The number of carbonyl (C=O) groups excluding carboxylic acids is 1. The molecule has 1 N–H and O–H groups in total. The van der Waals surface area contributed by atoms with Crippen molar-refractivity contribution in [2.75, 3.05) is 27.4 Å². The van der Waals surface area contributed by atoms with E-state index in [0.717, 1.165) is 0 Å². The van der Waals surface area contributed by atoms with Gasteiger partial charge in [-0.3, -0.25) is 5.32 Å². The maximum atomic E-state index is 13.6. The molecule has 0 aliphatic carbocycles. The molecule has 17 heavy (non-hydrogen) atoms. The van der Waals surface area contributed by atoms with Crippen molar-refractivity contribution < 1.29 is 18.7 Å². The predicted molar refractivity (Wildman–Crippen MR) is 61.0 cm³/mol. The molecule has 1 aromatic carbocycles. The molecule has 94 valence electrons. The van der Waals surface area contributed by atoms with Gasteiger partial charge >= 0.3 is 5.97 Å². The molecule has 0 heterocycles. The topological polar surface area (TPSA) is 47.6 Å². The van der Waals surface area contributed by atoms with Crippen molar-refractivity contribution in [3.63, 3.8) is 0 Å². The van der Waals surface area contributed by atoms with Gasteiger partial charge in [0, 0.05) is 19.2 Å². The maximum absolute atomic E-state index is 13.6. The molecule has 0 saturated heterocycles. The van der Waals surface area contributed by atoms with Gasteiger partial charge in [0.05, 0.1) is 13.7 Å². The Hall–Kier alpha value is -1.46. The van der Waals surface area contributed by atoms with Gasteiger partial charge in [-0.2, -0.15) is 0 Å². The number of nitrogens with one attached hydrogen (secondary N) is 1. The van der Waals surface area contributed by atoms with E-state index in [1.807, 2.05) is 0 Å². The quantitative estimate of drug-likeness (QED) is 0.602. The molecular formula is C12H16FNO3. The molecule has 0 radical (unpaired) electrons. The molecule has 0 spiro atoms. The van der Waals surface area contributed by atoms with E-state index in [4.69, 9.17) is 4.74 Å². The summed E-state index contributed by atoms with van der Waals surface area (Å²) in [5.74, 6) is -0.959. The molecule has 0 aliphatic heterocycles. The van der Waals surface area contributed by atoms with Crippen LogP contribution in [0.15, 0.2) is 24.3 Å². The third-order valence-corrected chi connectivity index (χ3v) is 2.31. The van der Waals surface area contributed by atoms with Gasteiger partial charge in [0.25, 0.3) is 0 Å².